The number of rotatable bonds is 21. The van der Waals surface area contributed by atoms with Gasteiger partial charge in [-0.2, -0.15) is 8.42 Å². The van der Waals surface area contributed by atoms with Gasteiger partial charge in [0.15, 0.2) is 0 Å². The molecule has 4 atom stereocenters. The second-order valence-electron chi connectivity index (χ2n) is 9.61. The summed E-state index contributed by atoms with van der Waals surface area (Å²) in [7, 11) is -4.67. The Bertz CT molecular complexity index is 1050. The van der Waals surface area contributed by atoms with Crippen LogP contribution in [0.2, 0.25) is 0 Å². The monoisotopic (exact) mass is 666 g/mol. The Morgan fingerprint density at radius 1 is 0.689 bits per heavy atom. The Kier molecular flexibility index (Phi) is 23.3. The molecule has 0 aliphatic carbocycles. The van der Waals surface area contributed by atoms with E-state index in [9.17, 15) is 29.4 Å². The summed E-state index contributed by atoms with van der Waals surface area (Å²) in [6, 6.07) is -1.25. The van der Waals surface area contributed by atoms with Crippen LogP contribution in [-0.4, -0.2) is 114 Å². The second kappa shape index (κ2) is 24.3. The average Bonchev–Trinajstić information content (AvgIpc) is 2.87. The maximum Gasteiger partial charge on any atom is 0.394 e. The van der Waals surface area contributed by atoms with Gasteiger partial charge in [-0.05, 0) is 12.8 Å². The van der Waals surface area contributed by atoms with E-state index in [1.165, 1.54) is 12.2 Å². The molecule has 0 aliphatic rings. The van der Waals surface area contributed by atoms with Crippen molar-refractivity contribution in [3.05, 3.63) is 24.3 Å². The molecule has 4 unspecified atom stereocenters. The Labute approximate surface area is 261 Å². The Balaban J connectivity index is 0. The molecule has 0 fully saturated rings. The van der Waals surface area contributed by atoms with E-state index in [2.05, 4.69) is 21.3 Å². The van der Waals surface area contributed by atoms with Crippen molar-refractivity contribution in [2.45, 2.75) is 62.8 Å². The van der Waals surface area contributed by atoms with Crippen molar-refractivity contribution in [1.29, 1.82) is 10.8 Å². The molecular weight excluding hydrogens is 620 g/mol. The minimum atomic E-state index is -4.67. The van der Waals surface area contributed by atoms with Gasteiger partial charge in [0.2, 0.25) is 23.6 Å². The molecular formula is C24H46N10O10S. The average molecular weight is 667 g/mol. The molecule has 0 heterocycles. The van der Waals surface area contributed by atoms with Crippen LogP contribution in [-0.2, 0) is 29.6 Å². The SMILES string of the molecule is N=C(N)CCNC(=O)CC(N)CC(O)CNC(=O)/C=C\C=C\C(=O)NCC(O)CC(N)CC(=O)NCCC(=N)N.O=S(=O)(O)O. The highest BCUT2D eigenvalue weighted by atomic mass is 32.3. The number of amides is 4. The summed E-state index contributed by atoms with van der Waals surface area (Å²) >= 11 is 0. The van der Waals surface area contributed by atoms with Crippen molar-refractivity contribution in [2.24, 2.45) is 22.9 Å². The van der Waals surface area contributed by atoms with Gasteiger partial charge in [0.25, 0.3) is 0 Å². The van der Waals surface area contributed by atoms with Gasteiger partial charge in [-0.1, -0.05) is 12.2 Å². The maximum atomic E-state index is 11.9. The highest BCUT2D eigenvalue weighted by molar-refractivity contribution is 7.79. The lowest BCUT2D eigenvalue weighted by molar-refractivity contribution is -0.122. The molecule has 0 aromatic rings. The van der Waals surface area contributed by atoms with Gasteiger partial charge in [-0.3, -0.25) is 39.1 Å². The summed E-state index contributed by atoms with van der Waals surface area (Å²) < 4.78 is 31.6. The van der Waals surface area contributed by atoms with Gasteiger partial charge in [0, 0.05) is 76.1 Å². The van der Waals surface area contributed by atoms with E-state index >= 15 is 0 Å². The zero-order valence-corrected chi connectivity index (χ0v) is 25.5. The fourth-order valence-corrected chi connectivity index (χ4v) is 3.17. The molecule has 0 bridgehead atoms. The van der Waals surface area contributed by atoms with Crippen LogP contribution in [0.25, 0.3) is 0 Å². The van der Waals surface area contributed by atoms with E-state index in [0.29, 0.717) is 0 Å². The number of allylic oxidation sites excluding steroid dienone is 2. The highest BCUT2D eigenvalue weighted by Gasteiger charge is 2.16. The lowest BCUT2D eigenvalue weighted by Gasteiger charge is -2.16. The van der Waals surface area contributed by atoms with E-state index < -0.39 is 46.5 Å². The van der Waals surface area contributed by atoms with Crippen molar-refractivity contribution in [3.8, 4) is 0 Å². The van der Waals surface area contributed by atoms with Gasteiger partial charge in [-0.15, -0.1) is 0 Å². The summed E-state index contributed by atoms with van der Waals surface area (Å²) in [5.41, 5.74) is 22.1. The minimum absolute atomic E-state index is 0.0279. The zero-order valence-electron chi connectivity index (χ0n) is 24.6. The standard InChI is InChI=1S/C24H44N10O6.H2O4S/c25-15(11-23(39)31-7-5-19(27)28)9-17(35)13-33-21(37)3-1-2-4-22(38)34-14-18(36)10-16(26)12-24(40)32-8-6-20(29)30;1-5(2,3)4/h1-4,15-18,35-36H,5-14,25-26H2,(H3,27,28)(H3,29,30)(H,31,39)(H,32,40)(H,33,37)(H,34,38);(H2,1,2,3,4)/b3-1-,4-2+;. The Hall–Kier alpha value is -3.99. The predicted molar refractivity (Wildman–Crippen MR) is 164 cm³/mol. The number of nitrogens with two attached hydrogens (primary N) is 4. The lowest BCUT2D eigenvalue weighted by atomic mass is 10.1. The van der Waals surface area contributed by atoms with Gasteiger partial charge in [0.05, 0.1) is 23.9 Å². The van der Waals surface area contributed by atoms with E-state index in [0.717, 1.165) is 12.2 Å². The van der Waals surface area contributed by atoms with Crippen molar-refractivity contribution in [1.82, 2.24) is 21.3 Å². The molecule has 18 N–H and O–H groups in total. The molecule has 258 valence electrons. The molecule has 20 nitrogen and oxygen atoms in total. The van der Waals surface area contributed by atoms with Crippen molar-refractivity contribution < 1.29 is 46.9 Å². The van der Waals surface area contributed by atoms with Crippen LogP contribution in [0.3, 0.4) is 0 Å². The number of hydrogen-bond acceptors (Lipinski definition) is 12. The van der Waals surface area contributed by atoms with Crippen LogP contribution < -0.4 is 44.2 Å². The smallest absolute Gasteiger partial charge is 0.391 e. The minimum Gasteiger partial charge on any atom is -0.391 e. The van der Waals surface area contributed by atoms with Crippen molar-refractivity contribution in [3.63, 3.8) is 0 Å². The van der Waals surface area contributed by atoms with E-state index in [1.54, 1.807) is 0 Å². The van der Waals surface area contributed by atoms with Crippen LogP contribution in [0.4, 0.5) is 0 Å². The predicted octanol–water partition coefficient (Wildman–Crippen LogP) is -4.50. The first kappa shape index (κ1) is 43.1. The third-order valence-electron chi connectivity index (χ3n) is 5.11. The summed E-state index contributed by atoms with van der Waals surface area (Å²) in [4.78, 5) is 47.2. The molecule has 0 aliphatic heterocycles. The molecule has 0 aromatic carbocycles. The highest BCUT2D eigenvalue weighted by Crippen LogP contribution is 2.01. The van der Waals surface area contributed by atoms with Crippen LogP contribution in [0, 0.1) is 10.8 Å². The molecule has 21 heteroatoms. The third kappa shape index (κ3) is 34.4. The van der Waals surface area contributed by atoms with Crippen molar-refractivity contribution >= 4 is 45.7 Å². The number of amidine groups is 2. The summed E-state index contributed by atoms with van der Waals surface area (Å²) in [6.07, 6.45) is 3.54. The Morgan fingerprint density at radius 2 is 1.00 bits per heavy atom. The Morgan fingerprint density at radius 3 is 1.29 bits per heavy atom. The molecule has 0 saturated carbocycles. The first-order chi connectivity index (χ1) is 20.8. The maximum absolute atomic E-state index is 11.9. The van der Waals surface area contributed by atoms with E-state index in [1.807, 2.05) is 0 Å². The van der Waals surface area contributed by atoms with Crippen molar-refractivity contribution in [2.75, 3.05) is 26.2 Å². The van der Waals surface area contributed by atoms with Crippen LogP contribution in [0.1, 0.15) is 38.5 Å². The first-order valence-electron chi connectivity index (χ1n) is 13.4. The second-order valence-corrected chi connectivity index (χ2v) is 10.5. The molecule has 0 aromatic heterocycles. The zero-order chi connectivity index (χ0) is 35.0. The van der Waals surface area contributed by atoms with Gasteiger partial charge in [0.1, 0.15) is 0 Å². The van der Waals surface area contributed by atoms with E-state index in [4.69, 9.17) is 51.3 Å². The van der Waals surface area contributed by atoms with Crippen LogP contribution in [0.5, 0.6) is 0 Å². The lowest BCUT2D eigenvalue weighted by Crippen LogP contribution is -2.38. The third-order valence-corrected chi connectivity index (χ3v) is 5.11. The van der Waals surface area contributed by atoms with Crippen LogP contribution in [0.15, 0.2) is 24.3 Å². The fourth-order valence-electron chi connectivity index (χ4n) is 3.17. The molecule has 45 heavy (non-hydrogen) atoms. The number of aliphatic hydroxyl groups excluding tert-OH is 2. The number of carbonyl (C=O) groups excluding carboxylic acids is 4. The molecule has 0 radical (unpaired) electrons. The quantitative estimate of drug-likeness (QED) is 0.0180. The normalized spacial score (nSPS) is 13.9. The topological polar surface area (TPSA) is 383 Å². The van der Waals surface area contributed by atoms with Gasteiger partial charge in [-0.25, -0.2) is 0 Å². The first-order valence-corrected chi connectivity index (χ1v) is 14.8. The number of hydrogen-bond donors (Lipinski definition) is 14. The van der Waals surface area contributed by atoms with E-state index in [-0.39, 0.29) is 88.2 Å². The summed E-state index contributed by atoms with van der Waals surface area (Å²) in [5, 5.41) is 44.3. The number of nitrogens with one attached hydrogen (secondary N) is 6. The molecule has 0 rings (SSSR count). The fraction of sp³-hybridized carbons (Fsp3) is 0.583. The van der Waals surface area contributed by atoms with Gasteiger partial charge >= 0.3 is 10.4 Å². The molecule has 0 spiro atoms. The number of carbonyl (C=O) groups is 4. The largest absolute Gasteiger partial charge is 0.394 e. The molecule has 4 amide bonds. The van der Waals surface area contributed by atoms with Gasteiger partial charge < -0.3 is 54.4 Å². The molecule has 0 saturated heterocycles. The summed E-state index contributed by atoms with van der Waals surface area (Å²) in [6.45, 7) is 0.275. The van der Waals surface area contributed by atoms with Crippen LogP contribution >= 0.6 is 0 Å². The summed E-state index contributed by atoms with van der Waals surface area (Å²) in [5.74, 6) is -1.78. The number of aliphatic hydroxyl groups is 2.